The minimum absolute atomic E-state index is 0.326. The number of benzene rings is 2. The Morgan fingerprint density at radius 1 is 1.05 bits per heavy atom. The summed E-state index contributed by atoms with van der Waals surface area (Å²) >= 11 is 18.3. The highest BCUT2D eigenvalue weighted by Gasteiger charge is 2.12. The van der Waals surface area contributed by atoms with Crippen molar-refractivity contribution in [2.45, 2.75) is 32.6 Å². The minimum Gasteiger partial charge on any atom is -0.457 e. The molecular weight excluding hydrogens is 327 g/mol. The molecule has 0 aliphatic rings. The van der Waals surface area contributed by atoms with E-state index in [1.165, 1.54) is 0 Å². The highest BCUT2D eigenvalue weighted by Crippen LogP contribution is 2.36. The third kappa shape index (κ3) is 3.85. The molecule has 0 atom stereocenters. The number of alkyl halides is 1. The second-order valence-corrected chi connectivity index (χ2v) is 6.39. The zero-order chi connectivity index (χ0) is 15.6. The molecule has 0 radical (unpaired) electrons. The molecule has 21 heavy (non-hydrogen) atoms. The molecule has 0 heterocycles. The van der Waals surface area contributed by atoms with E-state index in [0.717, 1.165) is 27.5 Å². The Kier molecular flexibility index (Phi) is 5.43. The van der Waals surface area contributed by atoms with Gasteiger partial charge in [-0.05, 0) is 48.2 Å². The van der Waals surface area contributed by atoms with Gasteiger partial charge in [-0.15, -0.1) is 11.6 Å². The van der Waals surface area contributed by atoms with Crippen LogP contribution in [0.2, 0.25) is 10.0 Å². The van der Waals surface area contributed by atoms with E-state index in [1.54, 1.807) is 12.1 Å². The molecule has 112 valence electrons. The van der Waals surface area contributed by atoms with Gasteiger partial charge in [0.15, 0.2) is 0 Å². The summed E-state index contributed by atoms with van der Waals surface area (Å²) in [6.45, 7) is 6.17. The first kappa shape index (κ1) is 16.5. The second-order valence-electron chi connectivity index (χ2n) is 5.28. The smallest absolute Gasteiger partial charge is 0.133 e. The predicted molar refractivity (Wildman–Crippen MR) is 91.4 cm³/mol. The molecule has 2 aromatic carbocycles. The van der Waals surface area contributed by atoms with Crippen molar-refractivity contribution in [3.05, 3.63) is 57.1 Å². The molecule has 0 aromatic heterocycles. The maximum absolute atomic E-state index is 6.29. The lowest BCUT2D eigenvalue weighted by molar-refractivity contribution is 0.473. The summed E-state index contributed by atoms with van der Waals surface area (Å²) in [5.41, 5.74) is 2.94. The maximum atomic E-state index is 6.29. The van der Waals surface area contributed by atoms with Crippen LogP contribution in [-0.2, 0) is 5.88 Å². The number of ether oxygens (including phenoxy) is 1. The van der Waals surface area contributed by atoms with E-state index >= 15 is 0 Å². The third-order valence-corrected chi connectivity index (χ3v) is 4.16. The number of hydrogen-bond acceptors (Lipinski definition) is 1. The van der Waals surface area contributed by atoms with Gasteiger partial charge in [0.25, 0.3) is 0 Å². The van der Waals surface area contributed by atoms with Crippen molar-refractivity contribution in [1.29, 1.82) is 0 Å². The van der Waals surface area contributed by atoms with Crippen LogP contribution in [0.1, 0.15) is 36.5 Å². The first-order chi connectivity index (χ1) is 9.92. The van der Waals surface area contributed by atoms with Gasteiger partial charge < -0.3 is 4.74 Å². The van der Waals surface area contributed by atoms with Crippen LogP contribution in [0, 0.1) is 6.92 Å². The van der Waals surface area contributed by atoms with Crippen molar-refractivity contribution in [2.24, 2.45) is 0 Å². The molecule has 0 N–H and O–H groups in total. The first-order valence-corrected chi connectivity index (χ1v) is 8.03. The summed E-state index contributed by atoms with van der Waals surface area (Å²) in [5.74, 6) is 2.15. The van der Waals surface area contributed by atoms with Crippen LogP contribution in [0.5, 0.6) is 11.5 Å². The van der Waals surface area contributed by atoms with Crippen molar-refractivity contribution in [1.82, 2.24) is 0 Å². The molecule has 1 nitrogen and oxygen atoms in total. The SMILES string of the molecule is Cc1cc(Cl)c(C(C)C)cc1Oc1cc(Cl)ccc1CCl. The Morgan fingerprint density at radius 2 is 1.76 bits per heavy atom. The van der Waals surface area contributed by atoms with Gasteiger partial charge in [-0.2, -0.15) is 0 Å². The first-order valence-electron chi connectivity index (χ1n) is 6.74. The van der Waals surface area contributed by atoms with E-state index in [0.29, 0.717) is 22.6 Å². The average Bonchev–Trinajstić information content (AvgIpc) is 2.41. The lowest BCUT2D eigenvalue weighted by Crippen LogP contribution is -1.96. The summed E-state index contributed by atoms with van der Waals surface area (Å²) in [6.07, 6.45) is 0. The van der Waals surface area contributed by atoms with Gasteiger partial charge in [0, 0.05) is 15.6 Å². The minimum atomic E-state index is 0.326. The van der Waals surface area contributed by atoms with E-state index in [1.807, 2.05) is 25.1 Å². The summed E-state index contributed by atoms with van der Waals surface area (Å²) in [5, 5.41) is 1.38. The zero-order valence-corrected chi connectivity index (χ0v) is 14.5. The Balaban J connectivity index is 2.44. The summed E-state index contributed by atoms with van der Waals surface area (Å²) in [4.78, 5) is 0. The van der Waals surface area contributed by atoms with Crippen molar-refractivity contribution < 1.29 is 4.74 Å². The van der Waals surface area contributed by atoms with E-state index < -0.39 is 0 Å². The maximum Gasteiger partial charge on any atom is 0.133 e. The molecular formula is C17H17Cl3O. The topological polar surface area (TPSA) is 9.23 Å². The fraction of sp³-hybridized carbons (Fsp3) is 0.294. The van der Waals surface area contributed by atoms with Crippen LogP contribution in [0.3, 0.4) is 0 Å². The van der Waals surface area contributed by atoms with E-state index in [2.05, 4.69) is 13.8 Å². The van der Waals surface area contributed by atoms with Crippen molar-refractivity contribution >= 4 is 34.8 Å². The van der Waals surface area contributed by atoms with E-state index in [-0.39, 0.29) is 0 Å². The monoisotopic (exact) mass is 342 g/mol. The third-order valence-electron chi connectivity index (χ3n) is 3.31. The molecule has 0 amide bonds. The normalized spacial score (nSPS) is 11.0. The largest absolute Gasteiger partial charge is 0.457 e. The molecule has 0 aliphatic carbocycles. The Bertz CT molecular complexity index is 651. The number of aryl methyl sites for hydroxylation is 1. The zero-order valence-electron chi connectivity index (χ0n) is 12.2. The fourth-order valence-corrected chi connectivity index (χ4v) is 2.89. The molecule has 4 heteroatoms. The van der Waals surface area contributed by atoms with Crippen LogP contribution >= 0.6 is 34.8 Å². The van der Waals surface area contributed by atoms with Crippen molar-refractivity contribution in [3.63, 3.8) is 0 Å². The summed E-state index contributed by atoms with van der Waals surface area (Å²) in [6, 6.07) is 9.38. The van der Waals surface area contributed by atoms with E-state index in [4.69, 9.17) is 39.5 Å². The highest BCUT2D eigenvalue weighted by molar-refractivity contribution is 6.31. The number of rotatable bonds is 4. The molecule has 0 aliphatic heterocycles. The quantitative estimate of drug-likeness (QED) is 0.545. The van der Waals surface area contributed by atoms with Crippen LogP contribution in [0.4, 0.5) is 0 Å². The standard InChI is InChI=1S/C17H17Cl3O/c1-10(2)14-8-16(11(3)6-15(14)20)21-17-7-13(19)5-4-12(17)9-18/h4-8,10H,9H2,1-3H3. The van der Waals surface area contributed by atoms with Crippen LogP contribution in [-0.4, -0.2) is 0 Å². The van der Waals surface area contributed by atoms with Gasteiger partial charge in [0.1, 0.15) is 11.5 Å². The summed E-state index contributed by atoms with van der Waals surface area (Å²) in [7, 11) is 0. The number of hydrogen-bond donors (Lipinski definition) is 0. The van der Waals surface area contributed by atoms with Gasteiger partial charge >= 0.3 is 0 Å². The molecule has 0 saturated heterocycles. The highest BCUT2D eigenvalue weighted by atomic mass is 35.5. The van der Waals surface area contributed by atoms with Gasteiger partial charge in [0.05, 0.1) is 5.88 Å². The molecule has 0 unspecified atom stereocenters. The summed E-state index contributed by atoms with van der Waals surface area (Å²) < 4.78 is 6.03. The molecule has 2 aromatic rings. The lowest BCUT2D eigenvalue weighted by atomic mass is 10.0. The number of halogens is 3. The Hall–Kier alpha value is -0.890. The van der Waals surface area contributed by atoms with Crippen LogP contribution in [0.25, 0.3) is 0 Å². The van der Waals surface area contributed by atoms with Crippen LogP contribution < -0.4 is 4.74 Å². The second kappa shape index (κ2) is 6.91. The molecule has 0 spiro atoms. The van der Waals surface area contributed by atoms with Crippen molar-refractivity contribution in [2.75, 3.05) is 0 Å². The Morgan fingerprint density at radius 3 is 2.38 bits per heavy atom. The van der Waals surface area contributed by atoms with Gasteiger partial charge in [-0.1, -0.05) is 43.1 Å². The Labute approximate surface area is 140 Å². The lowest BCUT2D eigenvalue weighted by Gasteiger charge is -2.16. The molecule has 2 rings (SSSR count). The van der Waals surface area contributed by atoms with Crippen LogP contribution in [0.15, 0.2) is 30.3 Å². The fourth-order valence-electron chi connectivity index (χ4n) is 2.07. The van der Waals surface area contributed by atoms with Gasteiger partial charge in [-0.25, -0.2) is 0 Å². The molecule has 0 fully saturated rings. The average molecular weight is 344 g/mol. The molecule has 0 saturated carbocycles. The predicted octanol–water partition coefficient (Wildman–Crippen LogP) is 6.96. The van der Waals surface area contributed by atoms with Crippen molar-refractivity contribution in [3.8, 4) is 11.5 Å². The van der Waals surface area contributed by atoms with Gasteiger partial charge in [-0.3, -0.25) is 0 Å². The molecule has 0 bridgehead atoms. The van der Waals surface area contributed by atoms with E-state index in [9.17, 15) is 0 Å². The van der Waals surface area contributed by atoms with Gasteiger partial charge in [0.2, 0.25) is 0 Å².